The number of carboxylic acid groups (broad SMARTS) is 1. The second-order valence-corrected chi connectivity index (χ2v) is 2.98. The molecule has 0 saturated heterocycles. The van der Waals surface area contributed by atoms with Crippen molar-refractivity contribution in [2.45, 2.75) is 6.04 Å². The Morgan fingerprint density at radius 3 is 2.75 bits per heavy atom. The molecular formula is C8H11N3O5. The summed E-state index contributed by atoms with van der Waals surface area (Å²) >= 11 is 0. The number of nitrogens with one attached hydrogen (secondary N) is 3. The summed E-state index contributed by atoms with van der Waals surface area (Å²) in [4.78, 5) is 37.3. The van der Waals surface area contributed by atoms with Crippen LogP contribution in [0.25, 0.3) is 0 Å². The number of imidazole rings is 1. The van der Waals surface area contributed by atoms with Crippen LogP contribution in [0.5, 0.6) is 0 Å². The first-order chi connectivity index (χ1) is 7.54. The van der Waals surface area contributed by atoms with E-state index >= 15 is 0 Å². The Bertz CT molecular complexity index is 435. The summed E-state index contributed by atoms with van der Waals surface area (Å²) in [7, 11) is 1.32. The number of hydrogen-bond acceptors (Lipinski definition) is 4. The van der Waals surface area contributed by atoms with Crippen molar-refractivity contribution in [3.05, 3.63) is 22.4 Å². The molecule has 0 saturated carbocycles. The number of aliphatic carboxylic acids is 1. The molecule has 16 heavy (non-hydrogen) atoms. The monoisotopic (exact) mass is 229 g/mol. The van der Waals surface area contributed by atoms with Crippen LogP contribution in [0.3, 0.4) is 0 Å². The number of methoxy groups -OCH3 is 1. The third-order valence-corrected chi connectivity index (χ3v) is 1.78. The number of aromatic nitrogens is 2. The molecule has 88 valence electrons. The molecule has 1 amide bonds. The Kier molecular flexibility index (Phi) is 3.84. The van der Waals surface area contributed by atoms with Gasteiger partial charge in [-0.25, -0.2) is 9.59 Å². The molecule has 0 aromatic carbocycles. The van der Waals surface area contributed by atoms with Gasteiger partial charge in [-0.2, -0.15) is 0 Å². The predicted octanol–water partition coefficient (Wildman–Crippen LogP) is -1.47. The highest BCUT2D eigenvalue weighted by atomic mass is 16.5. The quantitative estimate of drug-likeness (QED) is 0.490. The van der Waals surface area contributed by atoms with E-state index in [1.54, 1.807) is 0 Å². The second-order valence-electron chi connectivity index (χ2n) is 2.98. The SMILES string of the molecule is COCC(NC(=O)c1c[nH]c(=O)[nH]1)C(=O)O. The van der Waals surface area contributed by atoms with E-state index in [1.165, 1.54) is 7.11 Å². The van der Waals surface area contributed by atoms with Crippen LogP contribution in [0.2, 0.25) is 0 Å². The first-order valence-electron chi connectivity index (χ1n) is 4.35. The smallest absolute Gasteiger partial charge is 0.328 e. The van der Waals surface area contributed by atoms with Gasteiger partial charge in [0.25, 0.3) is 5.91 Å². The van der Waals surface area contributed by atoms with Crippen molar-refractivity contribution >= 4 is 11.9 Å². The highest BCUT2D eigenvalue weighted by Gasteiger charge is 2.21. The third kappa shape index (κ3) is 2.95. The summed E-state index contributed by atoms with van der Waals surface area (Å²) in [6.07, 6.45) is 1.16. The molecule has 1 atom stereocenters. The van der Waals surface area contributed by atoms with Crippen LogP contribution in [0.4, 0.5) is 0 Å². The van der Waals surface area contributed by atoms with Crippen LogP contribution in [0.15, 0.2) is 11.0 Å². The van der Waals surface area contributed by atoms with Gasteiger partial charge >= 0.3 is 11.7 Å². The van der Waals surface area contributed by atoms with Crippen LogP contribution in [0, 0.1) is 0 Å². The second kappa shape index (κ2) is 5.12. The fourth-order valence-electron chi connectivity index (χ4n) is 1.03. The van der Waals surface area contributed by atoms with Gasteiger partial charge in [0.1, 0.15) is 5.69 Å². The van der Waals surface area contributed by atoms with Crippen LogP contribution in [0.1, 0.15) is 10.5 Å². The zero-order valence-electron chi connectivity index (χ0n) is 8.44. The molecule has 1 aromatic heterocycles. The number of carbonyl (C=O) groups is 2. The number of aromatic amines is 2. The molecular weight excluding hydrogens is 218 g/mol. The van der Waals surface area contributed by atoms with E-state index in [9.17, 15) is 14.4 Å². The highest BCUT2D eigenvalue weighted by molar-refractivity contribution is 5.94. The molecule has 8 nitrogen and oxygen atoms in total. The normalized spacial score (nSPS) is 12.1. The number of H-pyrrole nitrogens is 2. The summed E-state index contributed by atoms with van der Waals surface area (Å²) < 4.78 is 4.63. The van der Waals surface area contributed by atoms with E-state index in [0.29, 0.717) is 0 Å². The van der Waals surface area contributed by atoms with Crippen molar-refractivity contribution in [3.63, 3.8) is 0 Å². The van der Waals surface area contributed by atoms with Crippen molar-refractivity contribution < 1.29 is 19.4 Å². The minimum atomic E-state index is -1.21. The van der Waals surface area contributed by atoms with Crippen LogP contribution >= 0.6 is 0 Å². The lowest BCUT2D eigenvalue weighted by Gasteiger charge is -2.12. The molecule has 0 spiro atoms. The van der Waals surface area contributed by atoms with Crippen molar-refractivity contribution in [1.82, 2.24) is 15.3 Å². The third-order valence-electron chi connectivity index (χ3n) is 1.78. The van der Waals surface area contributed by atoms with Gasteiger partial charge in [-0.3, -0.25) is 4.79 Å². The molecule has 0 radical (unpaired) electrons. The number of rotatable bonds is 5. The molecule has 0 aliphatic rings. The average molecular weight is 229 g/mol. The fraction of sp³-hybridized carbons (Fsp3) is 0.375. The largest absolute Gasteiger partial charge is 0.480 e. The van der Waals surface area contributed by atoms with E-state index < -0.39 is 23.6 Å². The van der Waals surface area contributed by atoms with Crippen LogP contribution in [-0.4, -0.2) is 46.7 Å². The highest BCUT2D eigenvalue weighted by Crippen LogP contribution is 1.92. The molecule has 0 aliphatic carbocycles. The summed E-state index contributed by atoms with van der Waals surface area (Å²) in [6.45, 7) is -0.157. The number of amides is 1. The van der Waals surface area contributed by atoms with Gasteiger partial charge in [0.2, 0.25) is 0 Å². The predicted molar refractivity (Wildman–Crippen MR) is 52.2 cm³/mol. The maximum absolute atomic E-state index is 11.4. The lowest BCUT2D eigenvalue weighted by molar-refractivity contribution is -0.140. The Balaban J connectivity index is 2.68. The molecule has 1 heterocycles. The molecule has 1 rings (SSSR count). The molecule has 1 aromatic rings. The van der Waals surface area contributed by atoms with Crippen LogP contribution in [-0.2, 0) is 9.53 Å². The molecule has 0 fully saturated rings. The van der Waals surface area contributed by atoms with Gasteiger partial charge in [-0.15, -0.1) is 0 Å². The van der Waals surface area contributed by atoms with E-state index in [2.05, 4.69) is 20.0 Å². The van der Waals surface area contributed by atoms with Crippen molar-refractivity contribution in [2.24, 2.45) is 0 Å². The number of ether oxygens (including phenoxy) is 1. The number of carbonyl (C=O) groups excluding carboxylic acids is 1. The Morgan fingerprint density at radius 1 is 1.62 bits per heavy atom. The fourth-order valence-corrected chi connectivity index (χ4v) is 1.03. The summed E-state index contributed by atoms with van der Waals surface area (Å²) in [5.41, 5.74) is -0.573. The standard InChI is InChI=1S/C8H11N3O5/c1-16-3-5(7(13)14)10-6(12)4-2-9-8(15)11-4/h2,5H,3H2,1H3,(H,10,12)(H,13,14)(H2,9,11,15). The molecule has 0 bridgehead atoms. The summed E-state index contributed by atoms with van der Waals surface area (Å²) in [5, 5.41) is 10.9. The molecule has 8 heteroatoms. The van der Waals surface area contributed by atoms with Gasteiger partial charge in [-0.05, 0) is 0 Å². The van der Waals surface area contributed by atoms with Gasteiger partial charge in [-0.1, -0.05) is 0 Å². The Hall–Kier alpha value is -2.09. The number of carboxylic acids is 1. The first kappa shape index (κ1) is 12.0. The van der Waals surface area contributed by atoms with Crippen molar-refractivity contribution in [1.29, 1.82) is 0 Å². The minimum absolute atomic E-state index is 0.0349. The average Bonchev–Trinajstić information content (AvgIpc) is 2.64. The summed E-state index contributed by atoms with van der Waals surface area (Å²) in [6, 6.07) is -1.16. The van der Waals surface area contributed by atoms with Gasteiger partial charge < -0.3 is 25.1 Å². The summed E-state index contributed by atoms with van der Waals surface area (Å²) in [5.74, 6) is -1.91. The Morgan fingerprint density at radius 2 is 2.31 bits per heavy atom. The van der Waals surface area contributed by atoms with E-state index in [4.69, 9.17) is 5.11 Å². The topological polar surface area (TPSA) is 124 Å². The van der Waals surface area contributed by atoms with Gasteiger partial charge in [0.05, 0.1) is 6.61 Å². The van der Waals surface area contributed by atoms with Gasteiger partial charge in [0.15, 0.2) is 6.04 Å². The van der Waals surface area contributed by atoms with Crippen molar-refractivity contribution in [3.8, 4) is 0 Å². The maximum atomic E-state index is 11.4. The zero-order chi connectivity index (χ0) is 12.1. The Labute approximate surface area is 89.6 Å². The number of hydrogen-bond donors (Lipinski definition) is 4. The lowest BCUT2D eigenvalue weighted by Crippen LogP contribution is -2.44. The van der Waals surface area contributed by atoms with E-state index in [1.807, 2.05) is 0 Å². The van der Waals surface area contributed by atoms with Gasteiger partial charge in [0, 0.05) is 13.3 Å². The van der Waals surface area contributed by atoms with Crippen LogP contribution < -0.4 is 11.0 Å². The van der Waals surface area contributed by atoms with Crippen molar-refractivity contribution in [2.75, 3.05) is 13.7 Å². The molecule has 1 unspecified atom stereocenters. The van der Waals surface area contributed by atoms with E-state index in [0.717, 1.165) is 6.20 Å². The van der Waals surface area contributed by atoms with E-state index in [-0.39, 0.29) is 12.3 Å². The first-order valence-corrected chi connectivity index (χ1v) is 4.35. The minimum Gasteiger partial charge on any atom is -0.480 e. The zero-order valence-corrected chi connectivity index (χ0v) is 8.44. The molecule has 0 aliphatic heterocycles. The molecule has 4 N–H and O–H groups in total. The lowest BCUT2D eigenvalue weighted by atomic mass is 10.3. The maximum Gasteiger partial charge on any atom is 0.328 e.